The van der Waals surface area contributed by atoms with Gasteiger partial charge in [0.1, 0.15) is 17.1 Å². The number of nitrogens with zero attached hydrogens (tertiary/aromatic N) is 5. The number of esters is 1. The van der Waals surface area contributed by atoms with Crippen LogP contribution in [0.2, 0.25) is 0 Å². The first-order chi connectivity index (χ1) is 13.9. The van der Waals surface area contributed by atoms with E-state index in [4.69, 9.17) is 9.73 Å². The van der Waals surface area contributed by atoms with Crippen molar-refractivity contribution in [2.75, 3.05) is 33.2 Å². The summed E-state index contributed by atoms with van der Waals surface area (Å²) in [6.07, 6.45) is 8.22. The molecule has 0 bridgehead atoms. The van der Waals surface area contributed by atoms with Gasteiger partial charge in [-0.1, -0.05) is 6.07 Å². The highest BCUT2D eigenvalue weighted by Crippen LogP contribution is 2.38. The zero-order valence-electron chi connectivity index (χ0n) is 17.1. The second kappa shape index (κ2) is 6.56. The Labute approximate surface area is 170 Å². The second-order valence-electron chi connectivity index (χ2n) is 8.37. The highest BCUT2D eigenvalue weighted by molar-refractivity contribution is 6.18. The number of ether oxygens (including phenoxy) is 1. The fourth-order valence-electron chi connectivity index (χ4n) is 4.16. The van der Waals surface area contributed by atoms with Crippen molar-refractivity contribution >= 4 is 23.0 Å². The molecule has 0 saturated carbocycles. The molecule has 7 heteroatoms. The number of imidazole rings is 1. The average molecular weight is 391 g/mol. The van der Waals surface area contributed by atoms with Gasteiger partial charge in [-0.2, -0.15) is 0 Å². The van der Waals surface area contributed by atoms with Crippen molar-refractivity contribution in [2.24, 2.45) is 4.99 Å². The molecule has 7 nitrogen and oxygen atoms in total. The molecule has 0 spiro atoms. The molecule has 3 aliphatic rings. The number of amidine groups is 1. The molecule has 0 aromatic carbocycles. The molecule has 5 heterocycles. The number of piperazine rings is 1. The summed E-state index contributed by atoms with van der Waals surface area (Å²) < 4.78 is 7.90. The van der Waals surface area contributed by atoms with Gasteiger partial charge >= 0.3 is 5.97 Å². The molecule has 1 fully saturated rings. The number of rotatable bonds is 1. The van der Waals surface area contributed by atoms with Crippen LogP contribution in [0.15, 0.2) is 47.4 Å². The molecule has 0 radical (unpaired) electrons. The van der Waals surface area contributed by atoms with Gasteiger partial charge in [0.15, 0.2) is 0 Å². The number of fused-ring (bicyclic) bond motifs is 2. The van der Waals surface area contributed by atoms with E-state index in [9.17, 15) is 4.79 Å². The number of hydrogen-bond acceptors (Lipinski definition) is 6. The number of carbonyl (C=O) groups is 1. The summed E-state index contributed by atoms with van der Waals surface area (Å²) in [4.78, 5) is 26.8. The minimum Gasteiger partial charge on any atom is -0.450 e. The Morgan fingerprint density at radius 2 is 1.93 bits per heavy atom. The van der Waals surface area contributed by atoms with Crippen LogP contribution < -0.4 is 0 Å². The van der Waals surface area contributed by atoms with Gasteiger partial charge in [-0.05, 0) is 38.6 Å². The Morgan fingerprint density at radius 3 is 2.72 bits per heavy atom. The monoisotopic (exact) mass is 391 g/mol. The van der Waals surface area contributed by atoms with Crippen molar-refractivity contribution in [3.05, 3.63) is 53.6 Å². The Kier molecular flexibility index (Phi) is 4.10. The molecule has 1 atom stereocenters. The van der Waals surface area contributed by atoms with Crippen LogP contribution in [0.25, 0.3) is 11.2 Å². The highest BCUT2D eigenvalue weighted by Gasteiger charge is 2.42. The van der Waals surface area contributed by atoms with E-state index in [2.05, 4.69) is 21.8 Å². The molecule has 150 valence electrons. The van der Waals surface area contributed by atoms with Crippen LogP contribution in [-0.4, -0.2) is 69.8 Å². The third kappa shape index (κ3) is 3.15. The van der Waals surface area contributed by atoms with E-state index in [-0.39, 0.29) is 5.97 Å². The maximum absolute atomic E-state index is 12.9. The number of aromatic nitrogens is 2. The number of aliphatic imine (C=N–C) groups is 1. The zero-order chi connectivity index (χ0) is 20.2. The topological polar surface area (TPSA) is 62.4 Å². The molecule has 3 aliphatic heterocycles. The fourth-order valence-corrected chi connectivity index (χ4v) is 4.16. The maximum Gasteiger partial charge on any atom is 0.341 e. The van der Waals surface area contributed by atoms with Crippen LogP contribution in [0.1, 0.15) is 24.6 Å². The standard InChI is InChI=1S/C22H25N5O2/c1-15-4-5-19-24-18(14-27(19)13-15)17-10-16-12-23-20(11-22(16,2)29-21(17)28)26-8-6-25(3)7-9-26/h4-5,10,12-14H,6-9,11H2,1-3H3. The SMILES string of the molecule is Cc1ccc2nc(C3=CC4=CN=C(N5CCN(C)CC5)CC4(C)OC3=O)cn2c1. The molecule has 1 saturated heterocycles. The summed E-state index contributed by atoms with van der Waals surface area (Å²) in [7, 11) is 2.13. The summed E-state index contributed by atoms with van der Waals surface area (Å²) in [5.74, 6) is 0.668. The van der Waals surface area contributed by atoms with Crippen LogP contribution in [0, 0.1) is 6.92 Å². The lowest BCUT2D eigenvalue weighted by Crippen LogP contribution is -2.51. The summed E-state index contributed by atoms with van der Waals surface area (Å²) in [6.45, 7) is 7.94. The number of pyridine rings is 1. The number of likely N-dealkylation sites (N-methyl/N-ethyl adjacent to an activating group) is 1. The lowest BCUT2D eigenvalue weighted by molar-refractivity contribution is -0.147. The number of aryl methyl sites for hydroxylation is 1. The van der Waals surface area contributed by atoms with E-state index in [0.29, 0.717) is 17.7 Å². The smallest absolute Gasteiger partial charge is 0.341 e. The molecular formula is C22H25N5O2. The van der Waals surface area contributed by atoms with Gasteiger partial charge in [-0.25, -0.2) is 14.8 Å². The molecule has 5 rings (SSSR count). The molecule has 0 amide bonds. The Morgan fingerprint density at radius 1 is 1.14 bits per heavy atom. The first-order valence-electron chi connectivity index (χ1n) is 10.0. The Hall–Kier alpha value is -2.93. The van der Waals surface area contributed by atoms with E-state index in [0.717, 1.165) is 48.8 Å². The van der Waals surface area contributed by atoms with Crippen molar-refractivity contribution in [3.63, 3.8) is 0 Å². The van der Waals surface area contributed by atoms with Crippen LogP contribution in [0.5, 0.6) is 0 Å². The predicted octanol–water partition coefficient (Wildman–Crippen LogP) is 2.28. The largest absolute Gasteiger partial charge is 0.450 e. The second-order valence-corrected chi connectivity index (χ2v) is 8.37. The van der Waals surface area contributed by atoms with E-state index in [1.807, 2.05) is 55.1 Å². The van der Waals surface area contributed by atoms with Crippen molar-refractivity contribution in [1.29, 1.82) is 0 Å². The van der Waals surface area contributed by atoms with Crippen molar-refractivity contribution < 1.29 is 9.53 Å². The van der Waals surface area contributed by atoms with Crippen LogP contribution in [0.4, 0.5) is 0 Å². The van der Waals surface area contributed by atoms with E-state index >= 15 is 0 Å². The zero-order valence-corrected chi connectivity index (χ0v) is 17.1. The molecule has 2 aromatic heterocycles. The molecule has 29 heavy (non-hydrogen) atoms. The van der Waals surface area contributed by atoms with Gasteiger partial charge in [0, 0.05) is 56.8 Å². The third-order valence-electron chi connectivity index (χ3n) is 6.04. The van der Waals surface area contributed by atoms with Gasteiger partial charge in [-0.3, -0.25) is 0 Å². The third-order valence-corrected chi connectivity index (χ3v) is 6.04. The Bertz CT molecular complexity index is 1090. The van der Waals surface area contributed by atoms with Crippen LogP contribution in [-0.2, 0) is 9.53 Å². The van der Waals surface area contributed by atoms with Gasteiger partial charge in [0.05, 0.1) is 11.3 Å². The minimum absolute atomic E-state index is 0.329. The van der Waals surface area contributed by atoms with Gasteiger partial charge in [0.25, 0.3) is 0 Å². The average Bonchev–Trinajstić information content (AvgIpc) is 3.09. The molecule has 0 N–H and O–H groups in total. The van der Waals surface area contributed by atoms with E-state index < -0.39 is 5.60 Å². The van der Waals surface area contributed by atoms with Crippen LogP contribution in [0.3, 0.4) is 0 Å². The summed E-state index contributed by atoms with van der Waals surface area (Å²) in [5.41, 5.74) is 3.27. The quantitative estimate of drug-likeness (QED) is 0.698. The Balaban J connectivity index is 1.48. The van der Waals surface area contributed by atoms with E-state index in [1.165, 1.54) is 0 Å². The first-order valence-corrected chi connectivity index (χ1v) is 10.0. The normalized spacial score (nSPS) is 25.3. The van der Waals surface area contributed by atoms with Crippen molar-refractivity contribution in [3.8, 4) is 0 Å². The molecule has 1 unspecified atom stereocenters. The number of hydrogen-bond donors (Lipinski definition) is 0. The summed E-state index contributed by atoms with van der Waals surface area (Å²) in [6, 6.07) is 3.96. The number of carbonyl (C=O) groups excluding carboxylic acids is 1. The van der Waals surface area contributed by atoms with Crippen molar-refractivity contribution in [1.82, 2.24) is 19.2 Å². The summed E-state index contributed by atoms with van der Waals surface area (Å²) >= 11 is 0. The fraction of sp³-hybridized carbons (Fsp3) is 0.409. The molecule has 2 aromatic rings. The van der Waals surface area contributed by atoms with Gasteiger partial charge < -0.3 is 18.9 Å². The van der Waals surface area contributed by atoms with Crippen molar-refractivity contribution in [2.45, 2.75) is 25.9 Å². The summed E-state index contributed by atoms with van der Waals surface area (Å²) in [5, 5.41) is 0. The van der Waals surface area contributed by atoms with Gasteiger partial charge in [-0.15, -0.1) is 0 Å². The van der Waals surface area contributed by atoms with E-state index in [1.54, 1.807) is 0 Å². The lowest BCUT2D eigenvalue weighted by atomic mass is 9.86. The molecule has 0 aliphatic carbocycles. The van der Waals surface area contributed by atoms with Crippen LogP contribution >= 0.6 is 0 Å². The predicted molar refractivity (Wildman–Crippen MR) is 112 cm³/mol. The minimum atomic E-state index is -0.684. The highest BCUT2D eigenvalue weighted by atomic mass is 16.6. The maximum atomic E-state index is 12.9. The molecular weight excluding hydrogens is 366 g/mol. The lowest BCUT2D eigenvalue weighted by Gasteiger charge is -2.41. The first kappa shape index (κ1) is 18.1. The van der Waals surface area contributed by atoms with Gasteiger partial charge in [0.2, 0.25) is 0 Å².